The van der Waals surface area contributed by atoms with Gasteiger partial charge >= 0.3 is 0 Å². The summed E-state index contributed by atoms with van der Waals surface area (Å²) in [6.07, 6.45) is -3.91. The van der Waals surface area contributed by atoms with E-state index in [1.54, 1.807) is 30.3 Å². The second-order valence-corrected chi connectivity index (χ2v) is 14.7. The lowest BCUT2D eigenvalue weighted by atomic mass is 9.83. The van der Waals surface area contributed by atoms with Gasteiger partial charge in [-0.25, -0.2) is 4.98 Å². The highest BCUT2D eigenvalue weighted by atomic mass is 16.3. The van der Waals surface area contributed by atoms with E-state index in [9.17, 15) is 7.85 Å². The monoisotopic (exact) mass is 730 g/mol. The van der Waals surface area contributed by atoms with E-state index in [2.05, 4.69) is 4.98 Å². The second-order valence-electron chi connectivity index (χ2n) is 14.7. The van der Waals surface area contributed by atoms with E-state index in [0.29, 0.717) is 44.8 Å². The van der Waals surface area contributed by atoms with Crippen molar-refractivity contribution in [2.24, 2.45) is 0 Å². The van der Waals surface area contributed by atoms with Crippen LogP contribution < -0.4 is 0 Å². The molecule has 55 heavy (non-hydrogen) atoms. The van der Waals surface area contributed by atoms with Gasteiger partial charge in [0.2, 0.25) is 0 Å². The van der Waals surface area contributed by atoms with Gasteiger partial charge in [0.05, 0.1) is 31.9 Å². The van der Waals surface area contributed by atoms with Crippen LogP contribution in [0.15, 0.2) is 152 Å². The predicted molar refractivity (Wildman–Crippen MR) is 230 cm³/mol. The smallest absolute Gasteiger partial charge is 0.149 e. The lowest BCUT2D eigenvalue weighted by Crippen LogP contribution is -2.11. The Morgan fingerprint density at radius 1 is 0.745 bits per heavy atom. The van der Waals surface area contributed by atoms with E-state index >= 15 is 0 Å². The van der Waals surface area contributed by atoms with E-state index in [1.807, 2.05) is 118 Å². The van der Waals surface area contributed by atoms with Crippen LogP contribution in [0.3, 0.4) is 0 Å². The zero-order valence-electron chi connectivity index (χ0n) is 44.2. The molecule has 0 aliphatic rings. The Morgan fingerprint density at radius 3 is 2.24 bits per heavy atom. The summed E-state index contributed by atoms with van der Waals surface area (Å²) in [6, 6.07) is 29.1. The van der Waals surface area contributed by atoms with Gasteiger partial charge in [-0.2, -0.15) is 0 Å². The third-order valence-electron chi connectivity index (χ3n) is 9.69. The number of rotatable bonds is 8. The summed E-state index contributed by atoms with van der Waals surface area (Å²) in [5.74, 6) is -0.577. The summed E-state index contributed by atoms with van der Waals surface area (Å²) in [6.45, 7) is 6.32. The van der Waals surface area contributed by atoms with E-state index in [4.69, 9.17) is 20.1 Å². The molecule has 2 aromatic heterocycles. The fourth-order valence-electron chi connectivity index (χ4n) is 6.82. The Hall–Kier alpha value is -6.26. The van der Waals surface area contributed by atoms with Crippen molar-refractivity contribution in [3.05, 3.63) is 168 Å². The fourth-order valence-corrected chi connectivity index (χ4v) is 6.82. The highest BCUT2D eigenvalue weighted by Crippen LogP contribution is 2.41. The normalized spacial score (nSPS) is 15.8. The molecule has 0 atom stereocenters. The minimum atomic E-state index is -3.35. The molecule has 6 aromatic carbocycles. The van der Waals surface area contributed by atoms with Crippen molar-refractivity contribution < 1.29 is 22.9 Å². The van der Waals surface area contributed by atoms with Crippen LogP contribution in [-0.2, 0) is 11.8 Å². The number of imidazole rings is 1. The molecule has 4 heteroatoms. The Balaban J connectivity index is 1.39. The average molecular weight is 731 g/mol. The molecule has 0 spiro atoms. The van der Waals surface area contributed by atoms with Gasteiger partial charge in [-0.05, 0) is 117 Å². The summed E-state index contributed by atoms with van der Waals surface area (Å²) in [7, 11) is 0. The van der Waals surface area contributed by atoms with Gasteiger partial charge in [0.15, 0.2) is 0 Å². The number of aromatic hydroxyl groups is 1. The number of pyridine rings is 1. The van der Waals surface area contributed by atoms with Crippen LogP contribution in [-0.4, -0.2) is 19.6 Å². The van der Waals surface area contributed by atoms with Gasteiger partial charge in [0.25, 0.3) is 0 Å². The van der Waals surface area contributed by atoms with E-state index in [-0.39, 0.29) is 11.4 Å². The van der Waals surface area contributed by atoms with Gasteiger partial charge in [-0.1, -0.05) is 132 Å². The van der Waals surface area contributed by atoms with Crippen molar-refractivity contribution in [2.45, 2.75) is 59.2 Å². The number of hydrogen-bond acceptors (Lipinski definition) is 3. The topological polar surface area (TPSA) is 50.9 Å². The number of para-hydroxylation sites is 2. The van der Waals surface area contributed by atoms with Gasteiger partial charge < -0.3 is 5.11 Å². The number of phenolic OH excluding ortho intramolecular Hbond substituents is 1. The summed E-state index contributed by atoms with van der Waals surface area (Å²) < 4.78 is 113. The minimum absolute atomic E-state index is 0.00541. The quantitative estimate of drug-likeness (QED) is 0.169. The van der Waals surface area contributed by atoms with Crippen molar-refractivity contribution in [1.82, 2.24) is 14.5 Å². The van der Waals surface area contributed by atoms with Gasteiger partial charge in [-0.15, -0.1) is 0 Å². The first-order chi connectivity index (χ1) is 31.7. The standard InChI is InChI=1S/C51H47N3O/c1-7-34-20-22-35(23-21-34)37-26-27-52-46(31-37)39-28-38(29-40(30-39)51(4,5)6)43-17-13-18-47-49(43)53-50(44-16-11-12-19-48(44)55)54(47)41-24-25-42(45(32-41)33(2)3)36-14-9-8-10-15-36/h8-33,55H,7H2,1-6H3/i1D3,7D2,20D,21D,22D,23D,26D,27D,31D,33D. The predicted octanol–water partition coefficient (Wildman–Crippen LogP) is 13.4. The van der Waals surface area contributed by atoms with Crippen molar-refractivity contribution in [2.75, 3.05) is 0 Å². The van der Waals surface area contributed by atoms with Crippen molar-refractivity contribution in [3.8, 4) is 67.5 Å². The Kier molecular flexibility index (Phi) is 6.21. The molecule has 1 N–H and O–H groups in total. The minimum Gasteiger partial charge on any atom is -0.507 e. The summed E-state index contributed by atoms with van der Waals surface area (Å²) >= 11 is 0. The lowest BCUT2D eigenvalue weighted by Gasteiger charge is -2.22. The summed E-state index contributed by atoms with van der Waals surface area (Å²) in [4.78, 5) is 9.63. The SMILES string of the molecule is [2H]c1nc(-c2cc(-c3cccc4c3nc(-c3ccccc3O)n4-c3ccc(-c4ccccc4)c(C([2H])(C)C)c3)cc(C(C)(C)C)c2)c([2H])c(-c2c([2H])c([2H])c(C([2H])([2H])C([2H])([2H])[2H])c([2H])c2[2H])c1[2H]. The largest absolute Gasteiger partial charge is 0.507 e. The Bertz CT molecular complexity index is 3280. The molecule has 0 saturated heterocycles. The zero-order valence-corrected chi connectivity index (χ0v) is 31.2. The first-order valence-electron chi connectivity index (χ1n) is 24.5. The van der Waals surface area contributed by atoms with Crippen LogP contribution in [0.4, 0.5) is 0 Å². The molecule has 8 aromatic rings. The molecule has 272 valence electrons. The zero-order chi connectivity index (χ0) is 49.6. The van der Waals surface area contributed by atoms with E-state index < -0.39 is 83.7 Å². The molecule has 0 unspecified atom stereocenters. The maximum absolute atomic E-state index is 11.3. The summed E-state index contributed by atoms with van der Waals surface area (Å²) in [5, 5.41) is 11.3. The average Bonchev–Trinajstić information content (AvgIpc) is 3.67. The molecule has 0 aliphatic heterocycles. The molecule has 0 radical (unpaired) electrons. The number of phenols is 1. The van der Waals surface area contributed by atoms with Crippen LogP contribution in [0, 0.1) is 0 Å². The molecule has 0 saturated carbocycles. The fraction of sp³-hybridized carbons (Fsp3) is 0.176. The Labute approximate surface area is 343 Å². The lowest BCUT2D eigenvalue weighted by molar-refractivity contribution is 0.477. The molecule has 2 heterocycles. The second kappa shape index (κ2) is 14.5. The van der Waals surface area contributed by atoms with E-state index in [0.717, 1.165) is 22.3 Å². The van der Waals surface area contributed by atoms with Crippen molar-refractivity contribution in [3.63, 3.8) is 0 Å². The van der Waals surface area contributed by atoms with Crippen LogP contribution in [0.2, 0.25) is 0 Å². The van der Waals surface area contributed by atoms with Crippen molar-refractivity contribution >= 4 is 11.0 Å². The number of hydrogen-bond donors (Lipinski definition) is 1. The third-order valence-corrected chi connectivity index (χ3v) is 9.69. The molecule has 0 bridgehead atoms. The van der Waals surface area contributed by atoms with Gasteiger partial charge in [-0.3, -0.25) is 9.55 Å². The van der Waals surface area contributed by atoms with Gasteiger partial charge in [0, 0.05) is 31.2 Å². The van der Waals surface area contributed by atoms with Crippen molar-refractivity contribution in [1.29, 1.82) is 0 Å². The first-order valence-corrected chi connectivity index (χ1v) is 18.0. The van der Waals surface area contributed by atoms with Crippen LogP contribution in [0.5, 0.6) is 5.75 Å². The highest BCUT2D eigenvalue weighted by Gasteiger charge is 2.23. The molecular weight excluding hydrogens is 671 g/mol. The molecule has 8 rings (SSSR count). The van der Waals surface area contributed by atoms with Crippen LogP contribution in [0.25, 0.3) is 72.7 Å². The Morgan fingerprint density at radius 2 is 1.49 bits per heavy atom. The van der Waals surface area contributed by atoms with Gasteiger partial charge in [0.1, 0.15) is 11.6 Å². The maximum atomic E-state index is 11.3. The molecule has 4 nitrogen and oxygen atoms in total. The number of fused-ring (bicyclic) bond motifs is 1. The van der Waals surface area contributed by atoms with Crippen LogP contribution >= 0.6 is 0 Å². The molecule has 0 fully saturated rings. The number of nitrogens with zero attached hydrogens (tertiary/aromatic N) is 3. The molecule has 0 aliphatic carbocycles. The maximum Gasteiger partial charge on any atom is 0.149 e. The third kappa shape index (κ3) is 6.97. The number of aromatic nitrogens is 3. The van der Waals surface area contributed by atoms with Crippen LogP contribution in [0.1, 0.15) is 81.9 Å². The first kappa shape index (κ1) is 23.5. The highest BCUT2D eigenvalue weighted by molar-refractivity contribution is 5.97. The number of benzene rings is 6. The molecular formula is C51H47N3O. The summed E-state index contributed by atoms with van der Waals surface area (Å²) in [5.41, 5.74) is 4.80. The molecule has 0 amide bonds. The van der Waals surface area contributed by atoms with E-state index in [1.165, 1.54) is 0 Å².